The lowest BCUT2D eigenvalue weighted by molar-refractivity contribution is 0.0691. The van der Waals surface area contributed by atoms with Gasteiger partial charge >= 0.3 is 0 Å². The van der Waals surface area contributed by atoms with Crippen LogP contribution in [0.25, 0.3) is 17.5 Å². The number of fused-ring (bicyclic) bond motifs is 3. The summed E-state index contributed by atoms with van der Waals surface area (Å²) in [6.45, 7) is 9.42. The molecule has 3 heterocycles. The molecule has 33 heavy (non-hydrogen) atoms. The molecule has 0 amide bonds. The number of methoxy groups -OCH3 is 1. The molecule has 2 aliphatic rings. The first-order chi connectivity index (χ1) is 15.6. The van der Waals surface area contributed by atoms with Crippen LogP contribution >= 0.6 is 0 Å². The average Bonchev–Trinajstić information content (AvgIpc) is 2.78. The number of hydrogen-bond donors (Lipinski definition) is 0. The van der Waals surface area contributed by atoms with Crippen LogP contribution in [0.1, 0.15) is 37.6 Å². The number of hydrogen-bond acceptors (Lipinski definition) is 8. The van der Waals surface area contributed by atoms with Crippen molar-refractivity contribution in [3.8, 4) is 22.9 Å². The van der Waals surface area contributed by atoms with E-state index in [9.17, 15) is 8.42 Å². The normalized spacial score (nSPS) is 18.6. The van der Waals surface area contributed by atoms with Crippen molar-refractivity contribution in [1.29, 1.82) is 0 Å². The summed E-state index contributed by atoms with van der Waals surface area (Å²) >= 11 is 0. The van der Waals surface area contributed by atoms with Crippen molar-refractivity contribution in [2.24, 2.45) is 0 Å². The first kappa shape index (κ1) is 23.5. The molecule has 8 nitrogen and oxygen atoms in total. The first-order valence-electron chi connectivity index (χ1n) is 11.0. The number of ether oxygens (including phenoxy) is 3. The highest BCUT2D eigenvalue weighted by Crippen LogP contribution is 2.44. The molecule has 0 unspecified atom stereocenters. The molecule has 1 fully saturated rings. The van der Waals surface area contributed by atoms with Crippen LogP contribution in [0.2, 0.25) is 0 Å². The molecule has 9 heteroatoms. The van der Waals surface area contributed by atoms with Gasteiger partial charge in [0, 0.05) is 18.4 Å². The number of nitrogens with zero attached hydrogens (tertiary/aromatic N) is 3. The van der Waals surface area contributed by atoms with E-state index in [1.54, 1.807) is 21.0 Å². The molecule has 0 bridgehead atoms. The van der Waals surface area contributed by atoms with E-state index < -0.39 is 14.6 Å². The molecule has 1 aromatic carbocycles. The third-order valence-electron chi connectivity index (χ3n) is 6.43. The van der Waals surface area contributed by atoms with Gasteiger partial charge in [-0.15, -0.1) is 0 Å². The minimum Gasteiger partial charge on any atom is -0.497 e. The van der Waals surface area contributed by atoms with Crippen molar-refractivity contribution in [3.63, 3.8) is 0 Å². The fourth-order valence-corrected chi connectivity index (χ4v) is 4.67. The highest BCUT2D eigenvalue weighted by molar-refractivity contribution is 7.91. The molecule has 178 valence electrons. The molecule has 2 aliphatic heterocycles. The van der Waals surface area contributed by atoms with Gasteiger partial charge in [-0.2, -0.15) is 0 Å². The lowest BCUT2D eigenvalue weighted by atomic mass is 9.99. The molecule has 1 saturated heterocycles. The monoisotopic (exact) mass is 473 g/mol. The van der Waals surface area contributed by atoms with E-state index >= 15 is 0 Å². The Hall–Kier alpha value is -2.65. The SMILES string of the molecule is C/C=C\c1c(C)cc(OC)cc1-c1nc2c(c(C(C)(C)S(C)(=O)=O)n1)OC[C@@H]1COCCN21. The molecule has 4 rings (SSSR count). The van der Waals surface area contributed by atoms with Crippen molar-refractivity contribution >= 4 is 21.7 Å². The maximum absolute atomic E-state index is 12.8. The Morgan fingerprint density at radius 3 is 2.67 bits per heavy atom. The van der Waals surface area contributed by atoms with E-state index in [1.165, 1.54) is 6.26 Å². The number of benzene rings is 1. The predicted octanol–water partition coefficient (Wildman–Crippen LogP) is 3.37. The van der Waals surface area contributed by atoms with Gasteiger partial charge in [0.1, 0.15) is 22.8 Å². The highest BCUT2D eigenvalue weighted by atomic mass is 32.2. The Labute approximate surface area is 195 Å². The summed E-state index contributed by atoms with van der Waals surface area (Å²) in [5.74, 6) is 2.16. The molecule has 0 spiro atoms. The molecule has 0 N–H and O–H groups in total. The molecule has 0 saturated carbocycles. The summed E-state index contributed by atoms with van der Waals surface area (Å²) < 4.78 is 41.6. The Kier molecular flexibility index (Phi) is 6.13. The van der Waals surface area contributed by atoms with Crippen LogP contribution < -0.4 is 14.4 Å². The third kappa shape index (κ3) is 4.08. The Morgan fingerprint density at radius 2 is 2.00 bits per heavy atom. The van der Waals surface area contributed by atoms with Crippen LogP contribution in [0.15, 0.2) is 18.2 Å². The molecule has 0 aliphatic carbocycles. The zero-order chi connectivity index (χ0) is 24.0. The lowest BCUT2D eigenvalue weighted by Gasteiger charge is -2.41. The molecular weight excluding hydrogens is 442 g/mol. The minimum absolute atomic E-state index is 0.0187. The van der Waals surface area contributed by atoms with E-state index in [-0.39, 0.29) is 6.04 Å². The number of rotatable bonds is 5. The second kappa shape index (κ2) is 8.61. The van der Waals surface area contributed by atoms with Crippen molar-refractivity contribution < 1.29 is 22.6 Å². The van der Waals surface area contributed by atoms with Gasteiger partial charge in [-0.1, -0.05) is 12.2 Å². The van der Waals surface area contributed by atoms with Gasteiger partial charge in [-0.3, -0.25) is 0 Å². The standard InChI is InChI=1S/C24H31N3O5S/c1-7-8-18-15(2)11-17(30-5)12-19(18)22-25-21(24(3,4)33(6,28)29)20-23(26-22)27-9-10-31-13-16(27)14-32-20/h7-8,11-12,16H,9-10,13-14H2,1-6H3/b8-7-/t16-/m0/s1. The lowest BCUT2D eigenvalue weighted by Crippen LogP contribution is -2.52. The van der Waals surface area contributed by atoms with Crippen molar-refractivity contribution in [2.75, 3.05) is 44.6 Å². The molecule has 2 aromatic rings. The van der Waals surface area contributed by atoms with Crippen LogP contribution in [0.3, 0.4) is 0 Å². The molecule has 0 radical (unpaired) electrons. The van der Waals surface area contributed by atoms with Gasteiger partial charge in [0.2, 0.25) is 0 Å². The van der Waals surface area contributed by atoms with Crippen LogP contribution in [0, 0.1) is 6.92 Å². The number of aryl methyl sites for hydroxylation is 1. The summed E-state index contributed by atoms with van der Waals surface area (Å²) in [5.41, 5.74) is 3.10. The predicted molar refractivity (Wildman–Crippen MR) is 129 cm³/mol. The zero-order valence-electron chi connectivity index (χ0n) is 20.0. The fourth-order valence-electron chi connectivity index (χ4n) is 4.18. The molecular formula is C24H31N3O5S. The second-order valence-corrected chi connectivity index (χ2v) is 11.5. The van der Waals surface area contributed by atoms with E-state index in [4.69, 9.17) is 24.2 Å². The molecule has 1 aromatic heterocycles. The number of anilines is 1. The third-order valence-corrected chi connectivity index (χ3v) is 8.48. The summed E-state index contributed by atoms with van der Waals surface area (Å²) in [4.78, 5) is 11.9. The summed E-state index contributed by atoms with van der Waals surface area (Å²) in [6.07, 6.45) is 5.18. The first-order valence-corrected chi connectivity index (χ1v) is 12.9. The smallest absolute Gasteiger partial charge is 0.185 e. The number of aromatic nitrogens is 2. The van der Waals surface area contributed by atoms with Crippen molar-refractivity contribution in [2.45, 2.75) is 38.5 Å². The fraction of sp³-hybridized carbons (Fsp3) is 0.500. The van der Waals surface area contributed by atoms with E-state index in [0.29, 0.717) is 55.2 Å². The van der Waals surface area contributed by atoms with Crippen molar-refractivity contribution in [1.82, 2.24) is 9.97 Å². The summed E-state index contributed by atoms with van der Waals surface area (Å²) in [5, 5.41) is 0. The quantitative estimate of drug-likeness (QED) is 0.653. The average molecular weight is 474 g/mol. The second-order valence-electron chi connectivity index (χ2n) is 8.97. The Morgan fingerprint density at radius 1 is 1.24 bits per heavy atom. The van der Waals surface area contributed by atoms with E-state index in [0.717, 1.165) is 16.7 Å². The maximum Gasteiger partial charge on any atom is 0.185 e. The Balaban J connectivity index is 2.04. The van der Waals surface area contributed by atoms with Gasteiger partial charge in [-0.25, -0.2) is 18.4 Å². The van der Waals surface area contributed by atoms with Crippen LogP contribution in [-0.4, -0.2) is 64.2 Å². The maximum atomic E-state index is 12.8. The summed E-state index contributed by atoms with van der Waals surface area (Å²) in [7, 11) is -1.89. The molecule has 1 atom stereocenters. The topological polar surface area (TPSA) is 90.9 Å². The van der Waals surface area contributed by atoms with Gasteiger partial charge < -0.3 is 19.1 Å². The van der Waals surface area contributed by atoms with Gasteiger partial charge in [-0.05, 0) is 51.0 Å². The van der Waals surface area contributed by atoms with E-state index in [1.807, 2.05) is 38.1 Å². The van der Waals surface area contributed by atoms with E-state index in [2.05, 4.69) is 4.90 Å². The Bertz CT molecular complexity index is 1210. The largest absolute Gasteiger partial charge is 0.497 e. The van der Waals surface area contributed by atoms with Gasteiger partial charge in [0.15, 0.2) is 27.2 Å². The number of allylic oxidation sites excluding steroid dienone is 1. The minimum atomic E-state index is -3.51. The van der Waals surface area contributed by atoms with Crippen LogP contribution in [0.5, 0.6) is 11.5 Å². The van der Waals surface area contributed by atoms with Crippen LogP contribution in [0.4, 0.5) is 5.82 Å². The number of sulfone groups is 1. The van der Waals surface area contributed by atoms with Gasteiger partial charge in [0.05, 0.1) is 26.4 Å². The van der Waals surface area contributed by atoms with Crippen molar-refractivity contribution in [3.05, 3.63) is 35.0 Å². The number of morpholine rings is 1. The highest BCUT2D eigenvalue weighted by Gasteiger charge is 2.42. The van der Waals surface area contributed by atoms with Crippen LogP contribution in [-0.2, 0) is 19.3 Å². The summed E-state index contributed by atoms with van der Waals surface area (Å²) in [6, 6.07) is 3.87. The zero-order valence-corrected chi connectivity index (χ0v) is 20.8. The van der Waals surface area contributed by atoms with Gasteiger partial charge in [0.25, 0.3) is 0 Å².